The Bertz CT molecular complexity index is 893. The van der Waals surface area contributed by atoms with Crippen LogP contribution in [0.3, 0.4) is 0 Å². The zero-order valence-electron chi connectivity index (χ0n) is 15.2. The molecule has 136 valence electrons. The first-order valence-electron chi connectivity index (χ1n) is 9.09. The zero-order chi connectivity index (χ0) is 18.1. The average molecular weight is 353 g/mol. The van der Waals surface area contributed by atoms with Crippen LogP contribution in [0, 0.1) is 11.7 Å². The van der Waals surface area contributed by atoms with Gasteiger partial charge in [-0.05, 0) is 42.6 Å². The van der Waals surface area contributed by atoms with Gasteiger partial charge in [-0.15, -0.1) is 0 Å². The van der Waals surface area contributed by atoms with Crippen LogP contribution in [-0.4, -0.2) is 46.0 Å². The molecular weight excluding hydrogens is 329 g/mol. The van der Waals surface area contributed by atoms with Crippen LogP contribution in [0.5, 0.6) is 0 Å². The van der Waals surface area contributed by atoms with Crippen LogP contribution in [0.2, 0.25) is 0 Å². The summed E-state index contributed by atoms with van der Waals surface area (Å²) in [5.74, 6) is 1.35. The lowest BCUT2D eigenvalue weighted by Gasteiger charge is -2.42. The molecule has 1 saturated heterocycles. The van der Waals surface area contributed by atoms with Crippen LogP contribution < -0.4 is 4.90 Å². The van der Waals surface area contributed by atoms with Crippen molar-refractivity contribution in [2.45, 2.75) is 25.9 Å². The maximum absolute atomic E-state index is 13.5. The monoisotopic (exact) mass is 353 g/mol. The summed E-state index contributed by atoms with van der Waals surface area (Å²) in [4.78, 5) is 16.7. The Morgan fingerprint density at radius 1 is 1.31 bits per heavy atom. The number of aromatic amines is 1. The second-order valence-corrected chi connectivity index (χ2v) is 7.25. The summed E-state index contributed by atoms with van der Waals surface area (Å²) in [6.45, 7) is 5.05. The van der Waals surface area contributed by atoms with Crippen LogP contribution in [0.4, 0.5) is 10.2 Å². The molecule has 0 radical (unpaired) electrons. The Balaban J connectivity index is 1.54. The number of halogens is 1. The molecule has 2 unspecified atom stereocenters. The smallest absolute Gasteiger partial charge is 0.142 e. The number of nitrogens with zero attached hydrogens (tertiary/aromatic N) is 4. The number of piperidine rings is 1. The average Bonchev–Trinajstić information content (AvgIpc) is 3.11. The SMILES string of the molecule is CC1CCN(Cc2cccc(F)c2)CC1N(C)c1ncnc2[nH]ccc12. The maximum Gasteiger partial charge on any atom is 0.142 e. The van der Waals surface area contributed by atoms with Crippen LogP contribution >= 0.6 is 0 Å². The van der Waals surface area contributed by atoms with Crippen molar-refractivity contribution in [1.29, 1.82) is 0 Å². The van der Waals surface area contributed by atoms with Gasteiger partial charge in [0.2, 0.25) is 0 Å². The minimum Gasteiger partial charge on any atom is -0.354 e. The highest BCUT2D eigenvalue weighted by atomic mass is 19.1. The van der Waals surface area contributed by atoms with Gasteiger partial charge in [-0.2, -0.15) is 0 Å². The maximum atomic E-state index is 13.5. The number of anilines is 1. The van der Waals surface area contributed by atoms with E-state index in [4.69, 9.17) is 0 Å². The van der Waals surface area contributed by atoms with Gasteiger partial charge >= 0.3 is 0 Å². The number of hydrogen-bond acceptors (Lipinski definition) is 4. The van der Waals surface area contributed by atoms with Gasteiger partial charge in [-0.3, -0.25) is 4.90 Å². The summed E-state index contributed by atoms with van der Waals surface area (Å²) in [7, 11) is 2.11. The molecule has 1 aromatic carbocycles. The van der Waals surface area contributed by atoms with E-state index < -0.39 is 0 Å². The van der Waals surface area contributed by atoms with Crippen LogP contribution in [-0.2, 0) is 6.54 Å². The molecule has 3 heterocycles. The topological polar surface area (TPSA) is 48.1 Å². The quantitative estimate of drug-likeness (QED) is 0.780. The van der Waals surface area contributed by atoms with E-state index in [2.05, 4.69) is 38.7 Å². The number of fused-ring (bicyclic) bond motifs is 1. The number of hydrogen-bond donors (Lipinski definition) is 1. The third-order valence-corrected chi connectivity index (χ3v) is 5.46. The normalized spacial score (nSPS) is 21.2. The van der Waals surface area contributed by atoms with Crippen molar-refractivity contribution in [3.63, 3.8) is 0 Å². The van der Waals surface area contributed by atoms with Gasteiger partial charge in [0.05, 0.1) is 5.39 Å². The van der Waals surface area contributed by atoms with Gasteiger partial charge in [0.1, 0.15) is 23.6 Å². The second-order valence-electron chi connectivity index (χ2n) is 7.25. The Labute approximate surface area is 152 Å². The van der Waals surface area contributed by atoms with E-state index in [0.29, 0.717) is 12.0 Å². The molecule has 1 aliphatic rings. The van der Waals surface area contributed by atoms with Gasteiger partial charge in [0.25, 0.3) is 0 Å². The molecule has 1 N–H and O–H groups in total. The van der Waals surface area contributed by atoms with E-state index in [-0.39, 0.29) is 5.82 Å². The highest BCUT2D eigenvalue weighted by Crippen LogP contribution is 2.29. The van der Waals surface area contributed by atoms with E-state index in [0.717, 1.165) is 48.5 Å². The summed E-state index contributed by atoms with van der Waals surface area (Å²) < 4.78 is 13.5. The largest absolute Gasteiger partial charge is 0.354 e. The molecule has 6 heteroatoms. The van der Waals surface area contributed by atoms with E-state index in [1.807, 2.05) is 18.3 Å². The Morgan fingerprint density at radius 3 is 3.04 bits per heavy atom. The molecule has 4 rings (SSSR count). The predicted molar refractivity (Wildman–Crippen MR) is 102 cm³/mol. The first-order chi connectivity index (χ1) is 12.6. The Kier molecular flexibility index (Phi) is 4.59. The van der Waals surface area contributed by atoms with Crippen LogP contribution in [0.1, 0.15) is 18.9 Å². The number of likely N-dealkylation sites (N-methyl/N-ethyl adjacent to an activating group) is 1. The van der Waals surface area contributed by atoms with E-state index >= 15 is 0 Å². The van der Waals surface area contributed by atoms with Crippen LogP contribution in [0.15, 0.2) is 42.9 Å². The third kappa shape index (κ3) is 3.29. The second kappa shape index (κ2) is 7.03. The van der Waals surface area contributed by atoms with Crippen molar-refractivity contribution in [2.24, 2.45) is 5.92 Å². The summed E-state index contributed by atoms with van der Waals surface area (Å²) in [6.07, 6.45) is 4.63. The highest BCUT2D eigenvalue weighted by molar-refractivity contribution is 5.87. The molecule has 2 aromatic heterocycles. The number of likely N-dealkylation sites (tertiary alicyclic amines) is 1. The molecule has 2 atom stereocenters. The number of H-pyrrole nitrogens is 1. The lowest BCUT2D eigenvalue weighted by atomic mass is 9.92. The van der Waals surface area contributed by atoms with Crippen molar-refractivity contribution in [2.75, 3.05) is 25.0 Å². The third-order valence-electron chi connectivity index (χ3n) is 5.46. The van der Waals surface area contributed by atoms with Crippen LogP contribution in [0.25, 0.3) is 11.0 Å². The molecule has 0 aliphatic carbocycles. The molecule has 0 amide bonds. The summed E-state index contributed by atoms with van der Waals surface area (Å²) in [6, 6.07) is 9.28. The molecule has 0 spiro atoms. The summed E-state index contributed by atoms with van der Waals surface area (Å²) >= 11 is 0. The number of benzene rings is 1. The zero-order valence-corrected chi connectivity index (χ0v) is 15.2. The number of nitrogens with one attached hydrogen (secondary N) is 1. The fraction of sp³-hybridized carbons (Fsp3) is 0.400. The molecule has 0 saturated carbocycles. The van der Waals surface area contributed by atoms with Crippen molar-refractivity contribution >= 4 is 16.9 Å². The van der Waals surface area contributed by atoms with Gasteiger partial charge in [-0.1, -0.05) is 19.1 Å². The minimum absolute atomic E-state index is 0.169. The molecule has 1 fully saturated rings. The van der Waals surface area contributed by atoms with Gasteiger partial charge in [0, 0.05) is 32.4 Å². The van der Waals surface area contributed by atoms with Crippen molar-refractivity contribution in [1.82, 2.24) is 19.9 Å². The van der Waals surface area contributed by atoms with Gasteiger partial charge < -0.3 is 9.88 Å². The Morgan fingerprint density at radius 2 is 2.19 bits per heavy atom. The lowest BCUT2D eigenvalue weighted by molar-refractivity contribution is 0.159. The standard InChI is InChI=1S/C20H24FN5/c1-14-7-9-26(11-15-4-3-5-16(21)10-15)12-18(14)25(2)20-17-6-8-22-19(17)23-13-24-20/h3-6,8,10,13-14,18H,7,9,11-12H2,1-2H3,(H,22,23,24). The minimum atomic E-state index is -0.169. The fourth-order valence-electron chi connectivity index (χ4n) is 3.95. The first kappa shape index (κ1) is 17.0. The fourth-order valence-corrected chi connectivity index (χ4v) is 3.95. The molecule has 0 bridgehead atoms. The predicted octanol–water partition coefficient (Wildman–Crippen LogP) is 3.44. The van der Waals surface area contributed by atoms with E-state index in [1.54, 1.807) is 18.5 Å². The summed E-state index contributed by atoms with van der Waals surface area (Å²) in [5, 5.41) is 1.05. The molecule has 3 aromatic rings. The highest BCUT2D eigenvalue weighted by Gasteiger charge is 2.30. The van der Waals surface area contributed by atoms with Crippen molar-refractivity contribution in [3.05, 3.63) is 54.2 Å². The lowest BCUT2D eigenvalue weighted by Crippen LogP contribution is -2.50. The number of rotatable bonds is 4. The number of aromatic nitrogens is 3. The van der Waals surface area contributed by atoms with Gasteiger partial charge in [0.15, 0.2) is 0 Å². The van der Waals surface area contributed by atoms with Crippen molar-refractivity contribution < 1.29 is 4.39 Å². The molecule has 5 nitrogen and oxygen atoms in total. The van der Waals surface area contributed by atoms with E-state index in [9.17, 15) is 4.39 Å². The van der Waals surface area contributed by atoms with Crippen molar-refractivity contribution in [3.8, 4) is 0 Å². The van der Waals surface area contributed by atoms with Gasteiger partial charge in [-0.25, -0.2) is 14.4 Å². The first-order valence-corrected chi connectivity index (χ1v) is 9.09. The van der Waals surface area contributed by atoms with E-state index in [1.165, 1.54) is 6.07 Å². The summed E-state index contributed by atoms with van der Waals surface area (Å²) in [5.41, 5.74) is 1.89. The Hall–Kier alpha value is -2.47. The molecule has 1 aliphatic heterocycles. The molecular formula is C20H24FN5. The molecule has 26 heavy (non-hydrogen) atoms.